The van der Waals surface area contributed by atoms with Crippen LogP contribution in [0.1, 0.15) is 31.2 Å². The molecule has 6 heteroatoms. The van der Waals surface area contributed by atoms with Gasteiger partial charge in [0.1, 0.15) is 0 Å². The molecule has 116 valence electrons. The van der Waals surface area contributed by atoms with Gasteiger partial charge >= 0.3 is 6.18 Å². The summed E-state index contributed by atoms with van der Waals surface area (Å²) < 4.78 is 37.2. The molecule has 2 rings (SSSR count). The highest BCUT2D eigenvalue weighted by Crippen LogP contribution is 2.29. The van der Waals surface area contributed by atoms with Crippen molar-refractivity contribution in [2.45, 2.75) is 31.9 Å². The third kappa shape index (κ3) is 4.65. The van der Waals surface area contributed by atoms with E-state index in [-0.39, 0.29) is 5.91 Å². The van der Waals surface area contributed by atoms with Gasteiger partial charge < -0.3 is 10.2 Å². The molecule has 21 heavy (non-hydrogen) atoms. The number of nitrogens with zero attached hydrogens (tertiary/aromatic N) is 1. The van der Waals surface area contributed by atoms with Crippen molar-refractivity contribution in [2.24, 2.45) is 0 Å². The monoisotopic (exact) mass is 300 g/mol. The lowest BCUT2D eigenvalue weighted by Gasteiger charge is -2.26. The van der Waals surface area contributed by atoms with E-state index < -0.39 is 11.7 Å². The topological polar surface area (TPSA) is 32.3 Å². The van der Waals surface area contributed by atoms with Crippen LogP contribution >= 0.6 is 0 Å². The number of carbonyl (C=O) groups is 1. The van der Waals surface area contributed by atoms with E-state index in [2.05, 4.69) is 5.32 Å². The largest absolute Gasteiger partial charge is 0.416 e. The van der Waals surface area contributed by atoms with Gasteiger partial charge in [0.15, 0.2) is 0 Å². The molecule has 0 aliphatic carbocycles. The molecule has 1 aliphatic rings. The number of halogens is 3. The summed E-state index contributed by atoms with van der Waals surface area (Å²) >= 11 is 0. The van der Waals surface area contributed by atoms with Gasteiger partial charge in [0, 0.05) is 31.7 Å². The van der Waals surface area contributed by atoms with Crippen molar-refractivity contribution >= 4 is 11.6 Å². The lowest BCUT2D eigenvalue weighted by atomic mass is 10.1. The predicted molar refractivity (Wildman–Crippen MR) is 75.0 cm³/mol. The van der Waals surface area contributed by atoms with E-state index >= 15 is 0 Å². The average molecular weight is 300 g/mol. The minimum absolute atomic E-state index is 0.106. The number of hydrogen-bond acceptors (Lipinski definition) is 2. The van der Waals surface area contributed by atoms with Crippen LogP contribution in [0, 0.1) is 0 Å². The van der Waals surface area contributed by atoms with Crippen LogP contribution in [-0.4, -0.2) is 30.4 Å². The van der Waals surface area contributed by atoms with Crippen molar-refractivity contribution < 1.29 is 18.0 Å². The second kappa shape index (κ2) is 6.83. The van der Waals surface area contributed by atoms with Crippen LogP contribution in [0.25, 0.3) is 0 Å². The number of benzene rings is 1. The van der Waals surface area contributed by atoms with E-state index in [4.69, 9.17) is 0 Å². The first-order valence-corrected chi connectivity index (χ1v) is 7.16. The van der Waals surface area contributed by atoms with Gasteiger partial charge in [0.2, 0.25) is 5.91 Å². The molecular weight excluding hydrogens is 281 g/mol. The van der Waals surface area contributed by atoms with E-state index in [1.807, 2.05) is 4.90 Å². The second-order valence-corrected chi connectivity index (χ2v) is 5.19. The summed E-state index contributed by atoms with van der Waals surface area (Å²) in [6, 6.07) is 4.84. The predicted octanol–water partition coefficient (Wildman–Crippen LogP) is 3.52. The Labute approximate surface area is 122 Å². The Morgan fingerprint density at radius 2 is 1.71 bits per heavy atom. The van der Waals surface area contributed by atoms with Gasteiger partial charge in [0.25, 0.3) is 0 Å². The molecule has 0 spiro atoms. The maximum atomic E-state index is 12.4. The van der Waals surface area contributed by atoms with E-state index in [9.17, 15) is 18.0 Å². The van der Waals surface area contributed by atoms with Gasteiger partial charge in [-0.05, 0) is 43.5 Å². The second-order valence-electron chi connectivity index (χ2n) is 5.19. The molecule has 0 unspecified atom stereocenters. The first-order chi connectivity index (χ1) is 9.97. The Balaban J connectivity index is 1.76. The zero-order valence-corrected chi connectivity index (χ0v) is 11.7. The van der Waals surface area contributed by atoms with Gasteiger partial charge in [-0.3, -0.25) is 4.79 Å². The van der Waals surface area contributed by atoms with Gasteiger partial charge in [-0.25, -0.2) is 0 Å². The van der Waals surface area contributed by atoms with Gasteiger partial charge in [-0.2, -0.15) is 13.2 Å². The molecule has 0 radical (unpaired) electrons. The third-order valence-electron chi connectivity index (χ3n) is 3.59. The first-order valence-electron chi connectivity index (χ1n) is 7.16. The van der Waals surface area contributed by atoms with Crippen LogP contribution in [0.15, 0.2) is 24.3 Å². The summed E-state index contributed by atoms with van der Waals surface area (Å²) in [6.45, 7) is 2.07. The maximum absolute atomic E-state index is 12.4. The van der Waals surface area contributed by atoms with Gasteiger partial charge in [-0.15, -0.1) is 0 Å². The number of likely N-dealkylation sites (tertiary alicyclic amines) is 1. The summed E-state index contributed by atoms with van der Waals surface area (Å²) in [4.78, 5) is 13.8. The molecule has 3 nitrogen and oxygen atoms in total. The molecule has 1 saturated heterocycles. The van der Waals surface area contributed by atoms with Crippen molar-refractivity contribution in [3.05, 3.63) is 29.8 Å². The minimum atomic E-state index is -4.32. The highest BCUT2D eigenvalue weighted by atomic mass is 19.4. The molecule has 1 aromatic carbocycles. The number of amides is 1. The number of piperidine rings is 1. The maximum Gasteiger partial charge on any atom is 0.416 e. The van der Waals surface area contributed by atoms with Crippen LogP contribution in [0.2, 0.25) is 0 Å². The average Bonchev–Trinajstić information content (AvgIpc) is 2.47. The summed E-state index contributed by atoms with van der Waals surface area (Å²) in [7, 11) is 0. The van der Waals surface area contributed by atoms with Crippen molar-refractivity contribution in [1.82, 2.24) is 4.90 Å². The first kappa shape index (κ1) is 15.7. The highest BCUT2D eigenvalue weighted by Gasteiger charge is 2.29. The zero-order valence-electron chi connectivity index (χ0n) is 11.7. The van der Waals surface area contributed by atoms with Crippen molar-refractivity contribution in [3.8, 4) is 0 Å². The fraction of sp³-hybridized carbons (Fsp3) is 0.533. The Bertz CT molecular complexity index is 465. The molecule has 1 heterocycles. The lowest BCUT2D eigenvalue weighted by molar-refractivity contribution is -0.137. The standard InChI is InChI=1S/C15H19F3N2O/c16-15(17,18)12-4-6-13(7-5-12)19-9-8-14(21)20-10-2-1-3-11-20/h4-7,19H,1-3,8-11H2. The molecule has 1 aromatic rings. The van der Waals surface area contributed by atoms with Crippen molar-refractivity contribution in [2.75, 3.05) is 25.0 Å². The van der Waals surface area contributed by atoms with E-state index in [0.29, 0.717) is 18.7 Å². The molecule has 0 atom stereocenters. The Hall–Kier alpha value is -1.72. The van der Waals surface area contributed by atoms with Crippen LogP contribution < -0.4 is 5.32 Å². The fourth-order valence-electron chi connectivity index (χ4n) is 2.39. The molecule has 1 aliphatic heterocycles. The fourth-order valence-corrected chi connectivity index (χ4v) is 2.39. The summed E-state index contributed by atoms with van der Waals surface area (Å²) in [6.07, 6.45) is -0.673. The van der Waals surface area contributed by atoms with Gasteiger partial charge in [0.05, 0.1) is 5.56 Å². The van der Waals surface area contributed by atoms with Crippen LogP contribution in [0.5, 0.6) is 0 Å². The summed E-state index contributed by atoms with van der Waals surface area (Å²) in [5.41, 5.74) is -0.0770. The third-order valence-corrected chi connectivity index (χ3v) is 3.59. The Kier molecular flexibility index (Phi) is 5.09. The number of hydrogen-bond donors (Lipinski definition) is 1. The number of anilines is 1. The quantitative estimate of drug-likeness (QED) is 0.922. The number of nitrogens with one attached hydrogen (secondary N) is 1. The molecule has 0 bridgehead atoms. The number of carbonyl (C=O) groups excluding carboxylic acids is 1. The number of alkyl halides is 3. The van der Waals surface area contributed by atoms with Crippen LogP contribution in [0.4, 0.5) is 18.9 Å². The zero-order chi connectivity index (χ0) is 15.3. The van der Waals surface area contributed by atoms with Crippen LogP contribution in [0.3, 0.4) is 0 Å². The molecular formula is C15H19F3N2O. The van der Waals surface area contributed by atoms with E-state index in [0.717, 1.165) is 38.1 Å². The van der Waals surface area contributed by atoms with Crippen molar-refractivity contribution in [3.63, 3.8) is 0 Å². The molecule has 1 N–H and O–H groups in total. The Morgan fingerprint density at radius 1 is 1.10 bits per heavy atom. The van der Waals surface area contributed by atoms with Crippen LogP contribution in [-0.2, 0) is 11.0 Å². The number of rotatable bonds is 4. The summed E-state index contributed by atoms with van der Waals surface area (Å²) in [5.74, 6) is 0.106. The lowest BCUT2D eigenvalue weighted by Crippen LogP contribution is -2.36. The minimum Gasteiger partial charge on any atom is -0.385 e. The SMILES string of the molecule is O=C(CCNc1ccc(C(F)(F)F)cc1)N1CCCCC1. The van der Waals surface area contributed by atoms with Crippen molar-refractivity contribution in [1.29, 1.82) is 0 Å². The Morgan fingerprint density at radius 3 is 2.29 bits per heavy atom. The van der Waals surface area contributed by atoms with E-state index in [1.54, 1.807) is 0 Å². The molecule has 0 aromatic heterocycles. The molecule has 0 saturated carbocycles. The normalized spacial score (nSPS) is 15.9. The van der Waals surface area contributed by atoms with E-state index in [1.165, 1.54) is 18.6 Å². The molecule has 1 fully saturated rings. The van der Waals surface area contributed by atoms with Gasteiger partial charge in [-0.1, -0.05) is 0 Å². The molecule has 1 amide bonds. The summed E-state index contributed by atoms with van der Waals surface area (Å²) in [5, 5.41) is 2.98. The highest BCUT2D eigenvalue weighted by molar-refractivity contribution is 5.76. The smallest absolute Gasteiger partial charge is 0.385 e.